The second-order valence-corrected chi connectivity index (χ2v) is 4.18. The van der Waals surface area contributed by atoms with Gasteiger partial charge in [0.25, 0.3) is 0 Å². The summed E-state index contributed by atoms with van der Waals surface area (Å²) in [6.45, 7) is 1.47. The fraction of sp³-hybridized carbons (Fsp3) is 0.900. The minimum atomic E-state index is -4.44. The Balaban J connectivity index is 3.83. The van der Waals surface area contributed by atoms with Gasteiger partial charge in [-0.1, -0.05) is 13.8 Å². The zero-order chi connectivity index (χ0) is 13.5. The molecule has 0 heterocycles. The van der Waals surface area contributed by atoms with E-state index in [2.05, 4.69) is 10.1 Å². The number of alkyl halides is 3. The smallest absolute Gasteiger partial charge is 0.394 e. The zero-order valence-electron chi connectivity index (χ0n) is 9.88. The van der Waals surface area contributed by atoms with E-state index in [1.54, 1.807) is 0 Å². The van der Waals surface area contributed by atoms with E-state index in [4.69, 9.17) is 5.11 Å². The average Bonchev–Trinajstić information content (AvgIpc) is 2.13. The second kappa shape index (κ2) is 7.50. The van der Waals surface area contributed by atoms with Gasteiger partial charge in [0.15, 0.2) is 0 Å². The van der Waals surface area contributed by atoms with Crippen LogP contribution in [-0.2, 0) is 9.53 Å². The maximum Gasteiger partial charge on any atom is 0.411 e. The molecule has 0 fully saturated rings. The maximum atomic E-state index is 11.7. The molecule has 0 aromatic heterocycles. The number of hydrogen-bond donors (Lipinski definition) is 2. The first-order valence-corrected chi connectivity index (χ1v) is 5.29. The van der Waals surface area contributed by atoms with Crippen LogP contribution in [-0.4, -0.2) is 43.1 Å². The minimum absolute atomic E-state index is 0.247. The molecular weight excluding hydrogens is 239 g/mol. The van der Waals surface area contributed by atoms with Gasteiger partial charge in [-0.2, -0.15) is 13.2 Å². The van der Waals surface area contributed by atoms with Crippen LogP contribution >= 0.6 is 0 Å². The summed E-state index contributed by atoms with van der Waals surface area (Å²) in [5.74, 6) is -0.391. The van der Waals surface area contributed by atoms with Gasteiger partial charge in [0.1, 0.15) is 13.2 Å². The molecule has 0 bridgehead atoms. The van der Waals surface area contributed by atoms with Crippen molar-refractivity contribution in [1.29, 1.82) is 0 Å². The first kappa shape index (κ1) is 16.2. The molecule has 1 amide bonds. The largest absolute Gasteiger partial charge is 0.411 e. The summed E-state index contributed by atoms with van der Waals surface area (Å²) >= 11 is 0. The number of nitrogens with one attached hydrogen (secondary N) is 1. The summed E-state index contributed by atoms with van der Waals surface area (Å²) in [5, 5.41) is 11.3. The van der Waals surface area contributed by atoms with Crippen molar-refractivity contribution in [3.8, 4) is 0 Å². The van der Waals surface area contributed by atoms with Crippen LogP contribution < -0.4 is 5.32 Å². The van der Waals surface area contributed by atoms with E-state index < -0.39 is 31.3 Å². The van der Waals surface area contributed by atoms with Gasteiger partial charge >= 0.3 is 6.18 Å². The second-order valence-electron chi connectivity index (χ2n) is 4.18. The Bertz CT molecular complexity index is 231. The van der Waals surface area contributed by atoms with Crippen LogP contribution in [0, 0.1) is 5.92 Å². The van der Waals surface area contributed by atoms with Crippen molar-refractivity contribution in [1.82, 2.24) is 5.32 Å². The Morgan fingerprint density at radius 3 is 2.41 bits per heavy atom. The highest BCUT2D eigenvalue weighted by molar-refractivity contribution is 5.77. The molecule has 17 heavy (non-hydrogen) atoms. The average molecular weight is 257 g/mol. The molecule has 0 aliphatic rings. The van der Waals surface area contributed by atoms with Crippen molar-refractivity contribution in [2.75, 3.05) is 19.8 Å². The summed E-state index contributed by atoms with van der Waals surface area (Å²) in [5.41, 5.74) is 0. The standard InChI is InChI=1S/C10H18F3NO3/c1-7(2)3-8(4-15)14-9(16)5-17-6-10(11,12)13/h7-8,15H,3-6H2,1-2H3,(H,14,16). The van der Waals surface area contributed by atoms with Gasteiger partial charge in [-0.3, -0.25) is 4.79 Å². The molecular formula is C10H18F3NO3. The predicted molar refractivity (Wildman–Crippen MR) is 55.3 cm³/mol. The highest BCUT2D eigenvalue weighted by Crippen LogP contribution is 2.14. The third-order valence-corrected chi connectivity index (χ3v) is 1.84. The van der Waals surface area contributed by atoms with E-state index in [-0.39, 0.29) is 12.5 Å². The highest BCUT2D eigenvalue weighted by atomic mass is 19.4. The molecule has 0 aliphatic carbocycles. The molecule has 4 nitrogen and oxygen atoms in total. The van der Waals surface area contributed by atoms with Crippen LogP contribution in [0.4, 0.5) is 13.2 Å². The molecule has 7 heteroatoms. The number of carbonyl (C=O) groups excluding carboxylic acids is 1. The van der Waals surface area contributed by atoms with E-state index in [0.29, 0.717) is 6.42 Å². The van der Waals surface area contributed by atoms with Gasteiger partial charge in [-0.25, -0.2) is 0 Å². The van der Waals surface area contributed by atoms with E-state index in [9.17, 15) is 18.0 Å². The van der Waals surface area contributed by atoms with Gasteiger partial charge < -0.3 is 15.2 Å². The SMILES string of the molecule is CC(C)CC(CO)NC(=O)COCC(F)(F)F. The van der Waals surface area contributed by atoms with Crippen molar-refractivity contribution in [2.24, 2.45) is 5.92 Å². The van der Waals surface area contributed by atoms with Crippen molar-refractivity contribution in [2.45, 2.75) is 32.5 Å². The van der Waals surface area contributed by atoms with Gasteiger partial charge in [0, 0.05) is 0 Å². The Kier molecular flexibility index (Phi) is 7.13. The lowest BCUT2D eigenvalue weighted by Crippen LogP contribution is -2.40. The topological polar surface area (TPSA) is 58.6 Å². The van der Waals surface area contributed by atoms with Crippen LogP contribution in [0.5, 0.6) is 0 Å². The zero-order valence-corrected chi connectivity index (χ0v) is 9.88. The Hall–Kier alpha value is -0.820. The molecule has 1 atom stereocenters. The quantitative estimate of drug-likeness (QED) is 0.717. The lowest BCUT2D eigenvalue weighted by molar-refractivity contribution is -0.175. The number of carbonyl (C=O) groups is 1. The Morgan fingerprint density at radius 1 is 1.41 bits per heavy atom. The third-order valence-electron chi connectivity index (χ3n) is 1.84. The normalized spacial score (nSPS) is 13.8. The fourth-order valence-corrected chi connectivity index (χ4v) is 1.28. The first-order valence-electron chi connectivity index (χ1n) is 5.29. The molecule has 1 unspecified atom stereocenters. The number of aliphatic hydroxyl groups excluding tert-OH is 1. The monoisotopic (exact) mass is 257 g/mol. The van der Waals surface area contributed by atoms with Crippen LogP contribution in [0.3, 0.4) is 0 Å². The van der Waals surface area contributed by atoms with Gasteiger partial charge in [0.05, 0.1) is 12.6 Å². The van der Waals surface area contributed by atoms with Gasteiger partial charge in [0.2, 0.25) is 5.91 Å². The molecule has 0 spiro atoms. The molecule has 0 saturated carbocycles. The van der Waals surface area contributed by atoms with E-state index in [1.807, 2.05) is 13.8 Å². The molecule has 102 valence electrons. The summed E-state index contributed by atoms with van der Waals surface area (Å²) in [4.78, 5) is 11.2. The summed E-state index contributed by atoms with van der Waals surface area (Å²) < 4.78 is 39.3. The highest BCUT2D eigenvalue weighted by Gasteiger charge is 2.27. The van der Waals surface area contributed by atoms with Crippen LogP contribution in [0.25, 0.3) is 0 Å². The minimum Gasteiger partial charge on any atom is -0.394 e. The van der Waals surface area contributed by atoms with E-state index in [1.165, 1.54) is 0 Å². The number of hydrogen-bond acceptors (Lipinski definition) is 3. The van der Waals surface area contributed by atoms with E-state index in [0.717, 1.165) is 0 Å². The van der Waals surface area contributed by atoms with Gasteiger partial charge in [-0.05, 0) is 12.3 Å². The van der Waals surface area contributed by atoms with Crippen LogP contribution in [0.15, 0.2) is 0 Å². The first-order chi connectivity index (χ1) is 7.74. The van der Waals surface area contributed by atoms with Crippen molar-refractivity contribution in [3.05, 3.63) is 0 Å². The Morgan fingerprint density at radius 2 is 2.00 bits per heavy atom. The molecule has 0 radical (unpaired) electrons. The number of aliphatic hydroxyl groups is 1. The number of amides is 1. The van der Waals surface area contributed by atoms with Crippen molar-refractivity contribution in [3.63, 3.8) is 0 Å². The molecule has 0 aliphatic heterocycles. The fourth-order valence-electron chi connectivity index (χ4n) is 1.28. The third kappa shape index (κ3) is 10.1. The molecule has 2 N–H and O–H groups in total. The number of rotatable bonds is 7. The summed E-state index contributed by atoms with van der Waals surface area (Å²) in [6, 6.07) is -0.447. The lowest BCUT2D eigenvalue weighted by Gasteiger charge is -2.18. The van der Waals surface area contributed by atoms with Crippen LogP contribution in [0.2, 0.25) is 0 Å². The molecule has 0 saturated heterocycles. The van der Waals surface area contributed by atoms with Crippen molar-refractivity contribution >= 4 is 5.91 Å². The Labute approximate surface area is 98.1 Å². The number of ether oxygens (including phenoxy) is 1. The maximum absolute atomic E-state index is 11.7. The number of halogens is 3. The lowest BCUT2D eigenvalue weighted by atomic mass is 10.0. The molecule has 0 aromatic carbocycles. The predicted octanol–water partition coefficient (Wildman–Crippen LogP) is 1.09. The van der Waals surface area contributed by atoms with E-state index >= 15 is 0 Å². The van der Waals surface area contributed by atoms with Crippen LogP contribution in [0.1, 0.15) is 20.3 Å². The summed E-state index contributed by atoms with van der Waals surface area (Å²) in [7, 11) is 0. The molecule has 0 rings (SSSR count). The summed E-state index contributed by atoms with van der Waals surface area (Å²) in [6.07, 6.45) is -3.88. The molecule has 0 aromatic rings. The van der Waals surface area contributed by atoms with Crippen molar-refractivity contribution < 1.29 is 27.8 Å². The van der Waals surface area contributed by atoms with Gasteiger partial charge in [-0.15, -0.1) is 0 Å².